The molecule has 0 unspecified atom stereocenters. The molecule has 0 fully saturated rings. The molecule has 1 aliphatic carbocycles. The molecule has 1 heterocycles. The molecule has 2 aromatic rings. The third kappa shape index (κ3) is 3.86. The van der Waals surface area contributed by atoms with Crippen molar-refractivity contribution >= 4 is 22.6 Å². The Balaban J connectivity index is 2.10. The van der Waals surface area contributed by atoms with Crippen molar-refractivity contribution in [2.75, 3.05) is 31.6 Å². The lowest BCUT2D eigenvalue weighted by Gasteiger charge is -2.22. The minimum absolute atomic E-state index is 0.361. The number of methoxy groups -OCH3 is 1. The molecule has 2 aromatic carbocycles. The van der Waals surface area contributed by atoms with E-state index in [2.05, 4.69) is 41.9 Å². The van der Waals surface area contributed by atoms with E-state index in [-0.39, 0.29) is 5.97 Å². The zero-order valence-corrected chi connectivity index (χ0v) is 19.0. The smallest absolute Gasteiger partial charge is 0.338 e. The van der Waals surface area contributed by atoms with Gasteiger partial charge < -0.3 is 14.1 Å². The van der Waals surface area contributed by atoms with Crippen molar-refractivity contribution in [1.29, 1.82) is 0 Å². The zero-order chi connectivity index (χ0) is 22.7. The Labute approximate surface area is 188 Å². The fraction of sp³-hybridized carbons (Fsp3) is 0.259. The summed E-state index contributed by atoms with van der Waals surface area (Å²) in [7, 11) is 1.41. The summed E-state index contributed by atoms with van der Waals surface area (Å²) < 4.78 is 11.5. The van der Waals surface area contributed by atoms with Crippen LogP contribution in [-0.4, -0.2) is 32.7 Å². The van der Waals surface area contributed by atoms with Gasteiger partial charge in [-0.2, -0.15) is 0 Å². The summed E-state index contributed by atoms with van der Waals surface area (Å²) in [6.45, 7) is 8.81. The number of esters is 1. The van der Waals surface area contributed by atoms with Crippen LogP contribution < -0.4 is 10.3 Å². The Bertz CT molecular complexity index is 1300. The van der Waals surface area contributed by atoms with Crippen LogP contribution in [0.3, 0.4) is 0 Å². The molecule has 0 atom stereocenters. The van der Waals surface area contributed by atoms with Gasteiger partial charge in [-0.1, -0.05) is 18.2 Å². The Morgan fingerprint density at radius 3 is 2.47 bits per heavy atom. The van der Waals surface area contributed by atoms with E-state index in [0.717, 1.165) is 57.6 Å². The number of ether oxygens (including phenoxy) is 1. The van der Waals surface area contributed by atoms with Gasteiger partial charge in [-0.25, -0.2) is 4.79 Å². The van der Waals surface area contributed by atoms with E-state index >= 15 is 0 Å². The number of hydrogen-bond donors (Lipinski definition) is 0. The van der Waals surface area contributed by atoms with Crippen LogP contribution in [0.2, 0.25) is 0 Å². The fourth-order valence-electron chi connectivity index (χ4n) is 4.21. The number of fused-ring (bicyclic) bond motifs is 2. The van der Waals surface area contributed by atoms with Gasteiger partial charge in [0.05, 0.1) is 18.0 Å². The second-order valence-electron chi connectivity index (χ2n) is 7.52. The summed E-state index contributed by atoms with van der Waals surface area (Å²) in [4.78, 5) is 19.4. The number of carbonyl (C=O) groups is 1. The Hall–Kier alpha value is -3.60. The van der Waals surface area contributed by atoms with Gasteiger partial charge in [0.25, 0.3) is 0 Å². The normalized spacial score (nSPS) is 11.8. The lowest BCUT2D eigenvalue weighted by atomic mass is 9.90. The molecule has 4 rings (SSSR count). The molecule has 164 valence electrons. The van der Waals surface area contributed by atoms with Crippen LogP contribution in [0.15, 0.2) is 70.1 Å². The third-order valence-corrected chi connectivity index (χ3v) is 5.76. The fourth-order valence-corrected chi connectivity index (χ4v) is 4.21. The van der Waals surface area contributed by atoms with Gasteiger partial charge in [0, 0.05) is 54.0 Å². The van der Waals surface area contributed by atoms with Crippen molar-refractivity contribution in [2.45, 2.75) is 20.8 Å². The molecule has 0 amide bonds. The highest BCUT2D eigenvalue weighted by Gasteiger charge is 2.22. The standard InChI is InChI=1S/C27H28N2O3/c1-5-28-18-12-14-22-24(16-18)32-25-17-19(29(6-2)7-3)13-15-23(25)26(22)20-10-8-9-11-21(20)27(30)31-4/h8-17H,5-7H2,1-4H3/b28-18-. The molecule has 0 saturated carbocycles. The summed E-state index contributed by atoms with van der Waals surface area (Å²) in [5, 5.41) is 1.82. The molecule has 0 radical (unpaired) electrons. The van der Waals surface area contributed by atoms with Crippen LogP contribution in [0, 0.1) is 0 Å². The molecule has 5 heteroatoms. The van der Waals surface area contributed by atoms with Crippen molar-refractivity contribution in [3.05, 3.63) is 71.6 Å². The number of nitrogens with zero attached hydrogens (tertiary/aromatic N) is 2. The van der Waals surface area contributed by atoms with Crippen LogP contribution >= 0.6 is 0 Å². The molecule has 0 N–H and O–H groups in total. The first-order valence-corrected chi connectivity index (χ1v) is 11.0. The van der Waals surface area contributed by atoms with Gasteiger partial charge in [-0.05, 0) is 56.7 Å². The summed E-state index contributed by atoms with van der Waals surface area (Å²) in [6.07, 6.45) is 0. The first-order valence-electron chi connectivity index (χ1n) is 11.0. The highest BCUT2D eigenvalue weighted by atomic mass is 16.5. The topological polar surface area (TPSA) is 55.0 Å². The van der Waals surface area contributed by atoms with E-state index in [4.69, 9.17) is 9.15 Å². The molecule has 0 bridgehead atoms. The van der Waals surface area contributed by atoms with E-state index < -0.39 is 0 Å². The lowest BCUT2D eigenvalue weighted by Crippen LogP contribution is -2.21. The average molecular weight is 429 g/mol. The average Bonchev–Trinajstić information content (AvgIpc) is 2.83. The van der Waals surface area contributed by atoms with Crippen LogP contribution in [0.1, 0.15) is 31.1 Å². The SMILES string of the molecule is CC/N=c1/ccc2c(-c3ccccc3C(=O)OC)c3ccc(N(CC)CC)cc3oc-2c1. The van der Waals surface area contributed by atoms with Crippen LogP contribution in [0.4, 0.5) is 5.69 Å². The van der Waals surface area contributed by atoms with E-state index in [0.29, 0.717) is 12.1 Å². The van der Waals surface area contributed by atoms with E-state index in [1.807, 2.05) is 43.3 Å². The minimum Gasteiger partial charge on any atom is -0.465 e. The van der Waals surface area contributed by atoms with Crippen molar-refractivity contribution in [1.82, 2.24) is 0 Å². The summed E-state index contributed by atoms with van der Waals surface area (Å²) in [5.41, 5.74) is 5.10. The first-order chi connectivity index (χ1) is 15.6. The first kappa shape index (κ1) is 21.6. The van der Waals surface area contributed by atoms with Gasteiger partial charge in [0.15, 0.2) is 0 Å². The Morgan fingerprint density at radius 1 is 0.969 bits per heavy atom. The second-order valence-corrected chi connectivity index (χ2v) is 7.52. The minimum atomic E-state index is -0.361. The van der Waals surface area contributed by atoms with Crippen LogP contribution in [0.5, 0.6) is 0 Å². The highest BCUT2D eigenvalue weighted by Crippen LogP contribution is 2.42. The summed E-state index contributed by atoms with van der Waals surface area (Å²) >= 11 is 0. The zero-order valence-electron chi connectivity index (χ0n) is 19.0. The largest absolute Gasteiger partial charge is 0.465 e. The molecule has 32 heavy (non-hydrogen) atoms. The molecule has 2 aliphatic rings. The molecule has 1 aliphatic heterocycles. The van der Waals surface area contributed by atoms with Crippen LogP contribution in [0.25, 0.3) is 33.4 Å². The van der Waals surface area contributed by atoms with Crippen molar-refractivity contribution < 1.29 is 13.9 Å². The second kappa shape index (κ2) is 9.27. The maximum atomic E-state index is 12.6. The number of rotatable bonds is 6. The van der Waals surface area contributed by atoms with Gasteiger partial charge in [-0.3, -0.25) is 4.99 Å². The van der Waals surface area contributed by atoms with Crippen molar-refractivity contribution in [2.24, 2.45) is 4.99 Å². The monoisotopic (exact) mass is 428 g/mol. The number of hydrogen-bond acceptors (Lipinski definition) is 5. The predicted octanol–water partition coefficient (Wildman–Crippen LogP) is 5.76. The third-order valence-electron chi connectivity index (χ3n) is 5.76. The number of anilines is 1. The molecule has 5 nitrogen and oxygen atoms in total. The van der Waals surface area contributed by atoms with Crippen molar-refractivity contribution in [3.63, 3.8) is 0 Å². The van der Waals surface area contributed by atoms with Gasteiger partial charge in [0.1, 0.15) is 11.3 Å². The van der Waals surface area contributed by atoms with Gasteiger partial charge in [-0.15, -0.1) is 0 Å². The highest BCUT2D eigenvalue weighted by molar-refractivity contribution is 6.08. The van der Waals surface area contributed by atoms with Crippen LogP contribution in [-0.2, 0) is 4.74 Å². The maximum absolute atomic E-state index is 12.6. The molecular weight excluding hydrogens is 400 g/mol. The summed E-state index contributed by atoms with van der Waals surface area (Å²) in [6, 6.07) is 19.8. The molecule has 0 saturated heterocycles. The van der Waals surface area contributed by atoms with Gasteiger partial charge >= 0.3 is 5.97 Å². The van der Waals surface area contributed by atoms with Crippen molar-refractivity contribution in [3.8, 4) is 22.5 Å². The molecule has 0 spiro atoms. The molecule has 0 aromatic heterocycles. The van der Waals surface area contributed by atoms with Gasteiger partial charge in [0.2, 0.25) is 0 Å². The molecular formula is C27H28N2O3. The quantitative estimate of drug-likeness (QED) is 0.289. The number of carbonyl (C=O) groups excluding carboxylic acids is 1. The van der Waals surface area contributed by atoms with E-state index in [1.54, 1.807) is 6.07 Å². The van der Waals surface area contributed by atoms with E-state index in [9.17, 15) is 4.79 Å². The predicted molar refractivity (Wildman–Crippen MR) is 129 cm³/mol. The summed E-state index contributed by atoms with van der Waals surface area (Å²) in [5.74, 6) is 0.374. The maximum Gasteiger partial charge on any atom is 0.338 e. The lowest BCUT2D eigenvalue weighted by molar-refractivity contribution is 0.0601. The Morgan fingerprint density at radius 2 is 1.75 bits per heavy atom. The van der Waals surface area contributed by atoms with E-state index in [1.165, 1.54) is 7.11 Å². The Kier molecular flexibility index (Phi) is 6.26. The number of benzene rings is 3.